The fourth-order valence-corrected chi connectivity index (χ4v) is 2.01. The van der Waals surface area contributed by atoms with Gasteiger partial charge >= 0.3 is 0 Å². The Morgan fingerprint density at radius 2 is 2.00 bits per heavy atom. The predicted molar refractivity (Wildman–Crippen MR) is 59.7 cm³/mol. The van der Waals surface area contributed by atoms with Crippen LogP contribution in [0.3, 0.4) is 0 Å². The van der Waals surface area contributed by atoms with Crippen LogP contribution < -0.4 is 0 Å². The molecule has 15 heavy (non-hydrogen) atoms. The van der Waals surface area contributed by atoms with Gasteiger partial charge in [0.2, 0.25) is 0 Å². The van der Waals surface area contributed by atoms with Crippen LogP contribution in [-0.2, 0) is 19.4 Å². The number of ether oxygens (including phenoxy) is 1. The molecule has 1 atom stereocenters. The second-order valence-electron chi connectivity index (χ2n) is 3.71. The van der Waals surface area contributed by atoms with Crippen LogP contribution in [0.2, 0.25) is 0 Å². The molecule has 0 aliphatic heterocycles. The molecule has 0 aromatic rings. The van der Waals surface area contributed by atoms with Gasteiger partial charge in [-0.05, 0) is 12.8 Å². The highest BCUT2D eigenvalue weighted by molar-refractivity contribution is 7.90. The number of ketones is 1. The second kappa shape index (κ2) is 6.95. The molecule has 5 heteroatoms. The van der Waals surface area contributed by atoms with Crippen LogP contribution in [0.5, 0.6) is 0 Å². The SMILES string of the molecule is CCCC(OC)C(=O)CCCS(C)(=O)=O. The number of sulfone groups is 1. The molecule has 90 valence electrons. The number of carbonyl (C=O) groups excluding carboxylic acids is 1. The summed E-state index contributed by atoms with van der Waals surface area (Å²) in [5, 5.41) is 0. The molecule has 0 aliphatic rings. The first-order chi connectivity index (χ1) is 6.90. The maximum Gasteiger partial charge on any atom is 0.161 e. The molecule has 0 bridgehead atoms. The molecule has 0 aromatic heterocycles. The number of rotatable bonds is 8. The van der Waals surface area contributed by atoms with Crippen molar-refractivity contribution in [3.05, 3.63) is 0 Å². The van der Waals surface area contributed by atoms with Gasteiger partial charge in [0, 0.05) is 19.8 Å². The smallest absolute Gasteiger partial charge is 0.161 e. The molecule has 0 heterocycles. The maximum atomic E-state index is 11.5. The van der Waals surface area contributed by atoms with Crippen LogP contribution in [0.1, 0.15) is 32.6 Å². The van der Waals surface area contributed by atoms with E-state index < -0.39 is 9.84 Å². The van der Waals surface area contributed by atoms with E-state index in [2.05, 4.69) is 0 Å². The van der Waals surface area contributed by atoms with Crippen LogP contribution in [0.4, 0.5) is 0 Å². The van der Waals surface area contributed by atoms with Crippen molar-refractivity contribution in [1.82, 2.24) is 0 Å². The second-order valence-corrected chi connectivity index (χ2v) is 5.97. The van der Waals surface area contributed by atoms with Crippen molar-refractivity contribution >= 4 is 15.6 Å². The molecule has 0 aliphatic carbocycles. The van der Waals surface area contributed by atoms with Crippen molar-refractivity contribution in [3.8, 4) is 0 Å². The van der Waals surface area contributed by atoms with E-state index in [4.69, 9.17) is 4.74 Å². The molecule has 0 spiro atoms. The summed E-state index contributed by atoms with van der Waals surface area (Å²) in [6.07, 6.45) is 3.07. The number of hydrogen-bond acceptors (Lipinski definition) is 4. The molecule has 0 saturated heterocycles. The molecule has 0 aromatic carbocycles. The third kappa shape index (κ3) is 7.50. The summed E-state index contributed by atoms with van der Waals surface area (Å²) < 4.78 is 26.7. The lowest BCUT2D eigenvalue weighted by Crippen LogP contribution is -2.23. The largest absolute Gasteiger partial charge is 0.374 e. The van der Waals surface area contributed by atoms with Crippen LogP contribution in [0.25, 0.3) is 0 Å². The Balaban J connectivity index is 3.91. The van der Waals surface area contributed by atoms with Gasteiger partial charge in [-0.1, -0.05) is 13.3 Å². The van der Waals surface area contributed by atoms with E-state index in [1.807, 2.05) is 6.92 Å². The van der Waals surface area contributed by atoms with Crippen molar-refractivity contribution in [2.24, 2.45) is 0 Å². The molecular formula is C10H20O4S. The molecule has 1 unspecified atom stereocenters. The van der Waals surface area contributed by atoms with Gasteiger partial charge in [0.25, 0.3) is 0 Å². The van der Waals surface area contributed by atoms with E-state index in [1.54, 1.807) is 0 Å². The number of Topliss-reactive ketones (excluding diaryl/α,β-unsaturated/α-hetero) is 1. The van der Waals surface area contributed by atoms with Gasteiger partial charge in [-0.2, -0.15) is 0 Å². The highest BCUT2D eigenvalue weighted by Crippen LogP contribution is 2.07. The minimum absolute atomic E-state index is 0.00278. The zero-order valence-electron chi connectivity index (χ0n) is 9.65. The van der Waals surface area contributed by atoms with E-state index in [9.17, 15) is 13.2 Å². The Labute approximate surface area is 91.9 Å². The van der Waals surface area contributed by atoms with Crippen molar-refractivity contribution < 1.29 is 17.9 Å². The Kier molecular flexibility index (Phi) is 6.76. The minimum Gasteiger partial charge on any atom is -0.374 e. The third-order valence-electron chi connectivity index (χ3n) is 2.13. The van der Waals surface area contributed by atoms with Crippen LogP contribution in [0.15, 0.2) is 0 Å². The van der Waals surface area contributed by atoms with Gasteiger partial charge in [-0.3, -0.25) is 4.79 Å². The fourth-order valence-electron chi connectivity index (χ4n) is 1.34. The zero-order valence-corrected chi connectivity index (χ0v) is 10.5. The molecule has 4 nitrogen and oxygen atoms in total. The summed E-state index contributed by atoms with van der Waals surface area (Å²) in [6.45, 7) is 1.98. The first kappa shape index (κ1) is 14.6. The zero-order chi connectivity index (χ0) is 11.9. The summed E-state index contributed by atoms with van der Waals surface area (Å²) in [7, 11) is -1.45. The van der Waals surface area contributed by atoms with Gasteiger partial charge < -0.3 is 4.74 Å². The standard InChI is InChI=1S/C10H20O4S/c1-4-6-10(14-2)9(11)7-5-8-15(3,12)13/h10H,4-8H2,1-3H3. The van der Waals surface area contributed by atoms with E-state index in [0.717, 1.165) is 6.42 Å². The Hall–Kier alpha value is -0.420. The monoisotopic (exact) mass is 236 g/mol. The first-order valence-corrected chi connectivity index (χ1v) is 7.20. The lowest BCUT2D eigenvalue weighted by Gasteiger charge is -2.12. The summed E-state index contributed by atoms with van der Waals surface area (Å²) in [5.74, 6) is 0.0735. The lowest BCUT2D eigenvalue weighted by atomic mass is 10.1. The molecule has 0 rings (SSSR count). The van der Waals surface area contributed by atoms with Gasteiger partial charge in [-0.25, -0.2) is 8.42 Å². The van der Waals surface area contributed by atoms with Gasteiger partial charge in [-0.15, -0.1) is 0 Å². The van der Waals surface area contributed by atoms with E-state index in [0.29, 0.717) is 12.8 Å². The summed E-state index contributed by atoms with van der Waals surface area (Å²) in [5.41, 5.74) is 0. The van der Waals surface area contributed by atoms with Crippen LogP contribution >= 0.6 is 0 Å². The quantitative estimate of drug-likeness (QED) is 0.635. The fraction of sp³-hybridized carbons (Fsp3) is 0.900. The normalized spacial score (nSPS) is 13.8. The lowest BCUT2D eigenvalue weighted by molar-refractivity contribution is -0.129. The average Bonchev–Trinajstić information content (AvgIpc) is 2.11. The molecular weight excluding hydrogens is 216 g/mol. The molecule has 0 amide bonds. The van der Waals surface area contributed by atoms with Crippen molar-refractivity contribution in [2.45, 2.75) is 38.7 Å². The first-order valence-electron chi connectivity index (χ1n) is 5.14. The van der Waals surface area contributed by atoms with E-state index in [-0.39, 0.29) is 24.1 Å². The topological polar surface area (TPSA) is 60.4 Å². The van der Waals surface area contributed by atoms with Crippen molar-refractivity contribution in [1.29, 1.82) is 0 Å². The summed E-state index contributed by atoms with van der Waals surface area (Å²) in [4.78, 5) is 11.5. The Bertz CT molecular complexity index is 282. The highest BCUT2D eigenvalue weighted by atomic mass is 32.2. The van der Waals surface area contributed by atoms with Crippen LogP contribution in [-0.4, -0.2) is 39.4 Å². The van der Waals surface area contributed by atoms with Crippen molar-refractivity contribution in [2.75, 3.05) is 19.1 Å². The predicted octanol–water partition coefficient (Wildman–Crippen LogP) is 1.20. The minimum atomic E-state index is -2.96. The molecule has 0 saturated carbocycles. The summed E-state index contributed by atoms with van der Waals surface area (Å²) >= 11 is 0. The molecule has 0 fully saturated rings. The van der Waals surface area contributed by atoms with Gasteiger partial charge in [0.1, 0.15) is 15.9 Å². The average molecular weight is 236 g/mol. The van der Waals surface area contributed by atoms with E-state index in [1.165, 1.54) is 13.4 Å². The number of methoxy groups -OCH3 is 1. The van der Waals surface area contributed by atoms with E-state index >= 15 is 0 Å². The third-order valence-corrected chi connectivity index (χ3v) is 3.16. The van der Waals surface area contributed by atoms with Gasteiger partial charge in [0.15, 0.2) is 5.78 Å². The van der Waals surface area contributed by atoms with Gasteiger partial charge in [0.05, 0.1) is 5.75 Å². The summed E-state index contributed by atoms with van der Waals surface area (Å²) in [6, 6.07) is 0. The Morgan fingerprint density at radius 3 is 2.40 bits per heavy atom. The number of carbonyl (C=O) groups is 1. The van der Waals surface area contributed by atoms with Crippen LogP contribution in [0, 0.1) is 0 Å². The highest BCUT2D eigenvalue weighted by Gasteiger charge is 2.16. The Morgan fingerprint density at radius 1 is 1.40 bits per heavy atom. The number of hydrogen-bond donors (Lipinski definition) is 0. The molecule has 0 radical (unpaired) electrons. The maximum absolute atomic E-state index is 11.5. The molecule has 0 N–H and O–H groups in total. The van der Waals surface area contributed by atoms with Crippen molar-refractivity contribution in [3.63, 3.8) is 0 Å².